The summed E-state index contributed by atoms with van der Waals surface area (Å²) in [4.78, 5) is 36.0. The average molecular weight is 610 g/mol. The Morgan fingerprint density at radius 1 is 1.16 bits per heavy atom. The van der Waals surface area contributed by atoms with Gasteiger partial charge in [-0.05, 0) is 87.3 Å². The molecule has 8 heteroatoms. The van der Waals surface area contributed by atoms with E-state index in [1.807, 2.05) is 13.0 Å². The average Bonchev–Trinajstić information content (AvgIpc) is 3.29. The van der Waals surface area contributed by atoms with Crippen molar-refractivity contribution in [2.75, 3.05) is 12.4 Å². The number of halogens is 2. The Morgan fingerprint density at radius 3 is 2.59 bits per heavy atom. The maximum atomic E-state index is 13.7. The van der Waals surface area contributed by atoms with Crippen LogP contribution in [0.1, 0.15) is 139 Å². The lowest BCUT2D eigenvalue weighted by molar-refractivity contribution is -0.115. The van der Waals surface area contributed by atoms with Crippen LogP contribution >= 0.6 is 0 Å². The number of ketones is 2. The van der Waals surface area contributed by atoms with Gasteiger partial charge in [0.25, 0.3) is 0 Å². The molecule has 1 N–H and O–H groups in total. The summed E-state index contributed by atoms with van der Waals surface area (Å²) in [5, 5.41) is 3.32. The van der Waals surface area contributed by atoms with Crippen LogP contribution in [0.2, 0.25) is 0 Å². The number of nitrogens with zero attached hydrogens (tertiary/aromatic N) is 2. The molecule has 1 saturated carbocycles. The van der Waals surface area contributed by atoms with Crippen molar-refractivity contribution < 1.29 is 23.1 Å². The second-order valence-electron chi connectivity index (χ2n) is 13.2. The standard InChI is InChI=1S/C36H49F2N3O3/c1-7-24-19-27(18-22(3)4)33-28(34(43)32(24)30(42)8-2)21-39-35(41-33)40-29-15-14-26(20-31(29)44-6)25-11-9-10-23(12-13-25)16-17-36(5,37)38/h14-15,20-23,25,27H,7-13,16-19H2,1-6H3,(H,39,40,41). The zero-order chi connectivity index (χ0) is 32.0. The SMILES string of the molecule is CCC(=O)C1=C(CC)CC(CC(C)C)c2nc(Nc3ccc(C4CCCC(CCC(C)(F)F)CC4)cc3OC)ncc2C1=O. The molecule has 1 aromatic carbocycles. The first-order chi connectivity index (χ1) is 20.9. The van der Waals surface area contributed by atoms with Gasteiger partial charge in [-0.1, -0.05) is 52.2 Å². The van der Waals surface area contributed by atoms with E-state index in [1.54, 1.807) is 20.2 Å². The van der Waals surface area contributed by atoms with Crippen molar-refractivity contribution in [2.45, 2.75) is 123 Å². The highest BCUT2D eigenvalue weighted by atomic mass is 19.3. The van der Waals surface area contributed by atoms with Crippen LogP contribution in [0.15, 0.2) is 35.5 Å². The molecule has 240 valence electrons. The number of Topliss-reactive ketones (excluding diaryl/α,β-unsaturated/α-hetero) is 2. The Balaban J connectivity index is 1.57. The Hall–Kier alpha value is -3.16. The molecule has 0 saturated heterocycles. The summed E-state index contributed by atoms with van der Waals surface area (Å²) in [5.74, 6) is -0.837. The molecular weight excluding hydrogens is 560 g/mol. The summed E-state index contributed by atoms with van der Waals surface area (Å²) in [7, 11) is 1.64. The Morgan fingerprint density at radius 2 is 1.93 bits per heavy atom. The molecule has 1 heterocycles. The molecule has 0 amide bonds. The molecule has 0 spiro atoms. The van der Waals surface area contributed by atoms with Crippen molar-refractivity contribution in [3.8, 4) is 5.75 Å². The van der Waals surface area contributed by atoms with Gasteiger partial charge in [0.1, 0.15) is 5.75 Å². The Kier molecular flexibility index (Phi) is 11.3. The summed E-state index contributed by atoms with van der Waals surface area (Å²) < 4.78 is 32.6. The summed E-state index contributed by atoms with van der Waals surface area (Å²) in [6, 6.07) is 6.14. The van der Waals surface area contributed by atoms with Gasteiger partial charge < -0.3 is 10.1 Å². The maximum Gasteiger partial charge on any atom is 0.245 e. The minimum absolute atomic E-state index is 0.00138. The number of alkyl halides is 2. The van der Waals surface area contributed by atoms with Crippen LogP contribution in [0, 0.1) is 11.8 Å². The van der Waals surface area contributed by atoms with Crippen LogP contribution in [-0.4, -0.2) is 34.6 Å². The summed E-state index contributed by atoms with van der Waals surface area (Å²) in [6.07, 6.45) is 9.52. The first-order valence-electron chi connectivity index (χ1n) is 16.4. The molecule has 2 aliphatic carbocycles. The zero-order valence-corrected chi connectivity index (χ0v) is 27.3. The number of aromatic nitrogens is 2. The van der Waals surface area contributed by atoms with Gasteiger partial charge in [-0.25, -0.2) is 18.7 Å². The van der Waals surface area contributed by atoms with Crippen LogP contribution in [0.4, 0.5) is 20.4 Å². The van der Waals surface area contributed by atoms with E-state index in [4.69, 9.17) is 9.72 Å². The summed E-state index contributed by atoms with van der Waals surface area (Å²) in [5.41, 5.74) is 4.24. The quantitative estimate of drug-likeness (QED) is 0.191. The molecule has 1 fully saturated rings. The number of hydrogen-bond donors (Lipinski definition) is 1. The van der Waals surface area contributed by atoms with Crippen molar-refractivity contribution in [1.82, 2.24) is 9.97 Å². The van der Waals surface area contributed by atoms with Gasteiger partial charge in [0.2, 0.25) is 11.9 Å². The number of carbonyl (C=O) groups is 2. The van der Waals surface area contributed by atoms with E-state index in [0.29, 0.717) is 65.5 Å². The van der Waals surface area contributed by atoms with Crippen molar-refractivity contribution in [3.05, 3.63) is 52.4 Å². The van der Waals surface area contributed by atoms with E-state index < -0.39 is 5.92 Å². The van der Waals surface area contributed by atoms with Gasteiger partial charge in [0.15, 0.2) is 11.6 Å². The minimum atomic E-state index is -2.60. The highest BCUT2D eigenvalue weighted by molar-refractivity contribution is 6.27. The van der Waals surface area contributed by atoms with Crippen molar-refractivity contribution >= 4 is 23.2 Å². The third-order valence-electron chi connectivity index (χ3n) is 9.33. The molecule has 6 nitrogen and oxygen atoms in total. The van der Waals surface area contributed by atoms with Crippen molar-refractivity contribution in [1.29, 1.82) is 0 Å². The van der Waals surface area contributed by atoms with Crippen LogP contribution in [0.5, 0.6) is 5.75 Å². The summed E-state index contributed by atoms with van der Waals surface area (Å²) >= 11 is 0. The second-order valence-corrected chi connectivity index (χ2v) is 13.2. The second kappa shape index (κ2) is 14.7. The van der Waals surface area contributed by atoms with E-state index in [1.165, 1.54) is 5.56 Å². The van der Waals surface area contributed by atoms with Gasteiger partial charge in [-0.15, -0.1) is 0 Å². The molecule has 3 unspecified atom stereocenters. The van der Waals surface area contributed by atoms with Crippen molar-refractivity contribution in [3.63, 3.8) is 0 Å². The molecule has 2 aromatic rings. The van der Waals surface area contributed by atoms with E-state index in [0.717, 1.165) is 56.7 Å². The molecule has 0 radical (unpaired) electrons. The van der Waals surface area contributed by atoms with E-state index in [-0.39, 0.29) is 30.3 Å². The van der Waals surface area contributed by atoms with Crippen LogP contribution in [0.3, 0.4) is 0 Å². The lowest BCUT2D eigenvalue weighted by Crippen LogP contribution is -2.16. The molecule has 2 aliphatic rings. The topological polar surface area (TPSA) is 81.2 Å². The minimum Gasteiger partial charge on any atom is -0.495 e. The third kappa shape index (κ3) is 8.30. The highest BCUT2D eigenvalue weighted by Crippen LogP contribution is 2.41. The predicted octanol–water partition coefficient (Wildman–Crippen LogP) is 9.73. The number of allylic oxidation sites excluding steroid dienone is 2. The number of nitrogens with one attached hydrogen (secondary N) is 1. The largest absolute Gasteiger partial charge is 0.495 e. The van der Waals surface area contributed by atoms with E-state index in [9.17, 15) is 18.4 Å². The van der Waals surface area contributed by atoms with Gasteiger partial charge in [-0.2, -0.15) is 0 Å². The number of methoxy groups -OCH3 is 1. The molecule has 4 rings (SSSR count). The molecule has 44 heavy (non-hydrogen) atoms. The fourth-order valence-electron chi connectivity index (χ4n) is 6.96. The fourth-order valence-corrected chi connectivity index (χ4v) is 6.96. The maximum absolute atomic E-state index is 13.7. The van der Waals surface area contributed by atoms with Crippen LogP contribution < -0.4 is 10.1 Å². The molecule has 0 bridgehead atoms. The number of ether oxygens (including phenoxy) is 1. The number of fused-ring (bicyclic) bond motifs is 1. The molecular formula is C36H49F2N3O3. The Labute approximate surface area is 261 Å². The van der Waals surface area contributed by atoms with Gasteiger partial charge in [0.05, 0.1) is 29.6 Å². The normalized spacial score (nSPS) is 21.1. The molecule has 0 aliphatic heterocycles. The van der Waals surface area contributed by atoms with E-state index >= 15 is 0 Å². The number of benzene rings is 1. The zero-order valence-electron chi connectivity index (χ0n) is 27.3. The number of hydrogen-bond acceptors (Lipinski definition) is 6. The van der Waals surface area contributed by atoms with Crippen molar-refractivity contribution in [2.24, 2.45) is 11.8 Å². The Bertz CT molecular complexity index is 1360. The first kappa shape index (κ1) is 33.7. The monoisotopic (exact) mass is 609 g/mol. The van der Waals surface area contributed by atoms with Gasteiger partial charge in [-0.3, -0.25) is 9.59 Å². The smallest absolute Gasteiger partial charge is 0.245 e. The number of anilines is 2. The first-order valence-corrected chi connectivity index (χ1v) is 16.4. The van der Waals surface area contributed by atoms with Crippen LogP contribution in [0.25, 0.3) is 0 Å². The number of rotatable bonds is 12. The fraction of sp³-hybridized carbons (Fsp3) is 0.611. The van der Waals surface area contributed by atoms with Gasteiger partial charge >= 0.3 is 0 Å². The van der Waals surface area contributed by atoms with Gasteiger partial charge in [0, 0.05) is 25.0 Å². The van der Waals surface area contributed by atoms with E-state index in [2.05, 4.69) is 36.3 Å². The lowest BCUT2D eigenvalue weighted by atomic mass is 9.87. The lowest BCUT2D eigenvalue weighted by Gasteiger charge is -2.21. The highest BCUT2D eigenvalue weighted by Gasteiger charge is 2.34. The summed E-state index contributed by atoms with van der Waals surface area (Å²) in [6.45, 7) is 9.12. The predicted molar refractivity (Wildman–Crippen MR) is 171 cm³/mol. The number of carbonyl (C=O) groups excluding carboxylic acids is 2. The third-order valence-corrected chi connectivity index (χ3v) is 9.33. The molecule has 3 atom stereocenters. The van der Waals surface area contributed by atoms with Crippen LogP contribution in [-0.2, 0) is 4.79 Å². The molecule has 1 aromatic heterocycles.